The van der Waals surface area contributed by atoms with Crippen molar-refractivity contribution in [3.8, 4) is 0 Å². The Hall–Kier alpha value is -3.04. The lowest BCUT2D eigenvalue weighted by molar-refractivity contribution is -0.137. The molecule has 2 aromatic heterocycles. The minimum absolute atomic E-state index is 0.355. The zero-order valence-electron chi connectivity index (χ0n) is 18.5. The molecule has 2 N–H and O–H groups in total. The fourth-order valence-corrected chi connectivity index (χ4v) is 4.62. The summed E-state index contributed by atoms with van der Waals surface area (Å²) in [6.07, 6.45) is -0.811. The van der Waals surface area contributed by atoms with Crippen molar-refractivity contribution >= 4 is 51.8 Å². The lowest BCUT2D eigenvalue weighted by Crippen LogP contribution is -2.31. The third kappa shape index (κ3) is 5.16. The first kappa shape index (κ1) is 23.7. The third-order valence-electron chi connectivity index (χ3n) is 5.91. The highest BCUT2D eigenvalue weighted by Crippen LogP contribution is 2.32. The number of benzene rings is 2. The molecule has 1 fully saturated rings. The Bertz CT molecular complexity index is 1330. The molecular weight excluding hydrogens is 500 g/mol. The van der Waals surface area contributed by atoms with Crippen molar-refractivity contribution in [1.29, 1.82) is 0 Å². The number of aromatic amines is 1. The fraction of sp³-hybridized carbons (Fsp3) is 0.292. The number of nitrogens with zero attached hydrogens (tertiary/aromatic N) is 4. The van der Waals surface area contributed by atoms with E-state index in [4.69, 9.17) is 28.2 Å². The summed E-state index contributed by atoms with van der Waals surface area (Å²) in [5.41, 5.74) is 1.48. The van der Waals surface area contributed by atoms with Crippen LogP contribution < -0.4 is 10.2 Å². The molecule has 1 aliphatic rings. The molecule has 35 heavy (non-hydrogen) atoms. The van der Waals surface area contributed by atoms with Gasteiger partial charge >= 0.3 is 6.18 Å². The monoisotopic (exact) mass is 520 g/mol. The van der Waals surface area contributed by atoms with Crippen LogP contribution in [0.25, 0.3) is 11.2 Å². The molecule has 11 heteroatoms. The number of anilines is 3. The number of rotatable bonds is 5. The van der Waals surface area contributed by atoms with Gasteiger partial charge in [-0.3, -0.25) is 0 Å². The second-order valence-electron chi connectivity index (χ2n) is 8.38. The van der Waals surface area contributed by atoms with E-state index < -0.39 is 11.7 Å². The Balaban J connectivity index is 1.53. The quantitative estimate of drug-likeness (QED) is 0.296. The van der Waals surface area contributed by atoms with Gasteiger partial charge in [0.1, 0.15) is 11.3 Å². The average molecular weight is 521 g/mol. The highest BCUT2D eigenvalue weighted by atomic mass is 35.5. The van der Waals surface area contributed by atoms with E-state index in [9.17, 15) is 13.2 Å². The average Bonchev–Trinajstić information content (AvgIpc) is 3.25. The Kier molecular flexibility index (Phi) is 6.46. The first-order chi connectivity index (χ1) is 16.8. The van der Waals surface area contributed by atoms with Gasteiger partial charge in [0.15, 0.2) is 11.5 Å². The van der Waals surface area contributed by atoms with Crippen LogP contribution in [0.4, 0.5) is 30.6 Å². The number of H-pyrrole nitrogens is 1. The van der Waals surface area contributed by atoms with E-state index in [0.717, 1.165) is 50.0 Å². The van der Waals surface area contributed by atoms with Gasteiger partial charge in [-0.25, -0.2) is 4.98 Å². The lowest BCUT2D eigenvalue weighted by atomic mass is 10.1. The van der Waals surface area contributed by atoms with Gasteiger partial charge in [-0.1, -0.05) is 29.3 Å². The minimum Gasteiger partial charge on any atom is -0.341 e. The van der Waals surface area contributed by atoms with Crippen molar-refractivity contribution < 1.29 is 13.2 Å². The van der Waals surface area contributed by atoms with Gasteiger partial charge in [-0.05, 0) is 61.2 Å². The van der Waals surface area contributed by atoms with E-state index in [0.29, 0.717) is 50.9 Å². The van der Waals surface area contributed by atoms with Crippen LogP contribution in [0.1, 0.15) is 36.2 Å². The Morgan fingerprint density at radius 2 is 1.60 bits per heavy atom. The predicted molar refractivity (Wildman–Crippen MR) is 132 cm³/mol. The van der Waals surface area contributed by atoms with E-state index in [-0.39, 0.29) is 0 Å². The van der Waals surface area contributed by atoms with Crippen LogP contribution in [0.5, 0.6) is 0 Å². The summed E-state index contributed by atoms with van der Waals surface area (Å²) in [6, 6.07) is 10.1. The van der Waals surface area contributed by atoms with E-state index >= 15 is 0 Å². The zero-order chi connectivity index (χ0) is 24.6. The number of aromatic nitrogens is 4. The fourth-order valence-electron chi connectivity index (χ4n) is 4.09. The number of hydrogen-bond donors (Lipinski definition) is 2. The van der Waals surface area contributed by atoms with Gasteiger partial charge < -0.3 is 15.2 Å². The molecule has 6 nitrogen and oxygen atoms in total. The second-order valence-corrected chi connectivity index (χ2v) is 9.19. The van der Waals surface area contributed by atoms with Crippen LogP contribution >= 0.6 is 23.2 Å². The molecule has 0 amide bonds. The molecule has 0 unspecified atom stereocenters. The second kappa shape index (κ2) is 9.54. The van der Waals surface area contributed by atoms with Gasteiger partial charge in [0, 0.05) is 35.2 Å². The molecule has 4 aromatic rings. The van der Waals surface area contributed by atoms with Crippen LogP contribution in [0.2, 0.25) is 10.0 Å². The summed E-state index contributed by atoms with van der Waals surface area (Å²) in [5.74, 6) is 1.55. The molecule has 2 aromatic carbocycles. The molecular formula is C24H21Cl2F3N6. The standard InChI is InChI=1S/C24H21Cl2F3N6/c25-17-5-4-6-18(26)16(17)13-19-31-20-21(30-15-9-7-14(8-10-15)24(27,28)29)33-23(34-22(20)32-19)35-11-2-1-3-12-35/h4-10H,1-3,11-13H2,(H2,30,31,32,33,34). The molecule has 1 aliphatic heterocycles. The number of hydrogen-bond acceptors (Lipinski definition) is 5. The molecule has 3 heterocycles. The van der Waals surface area contributed by atoms with Crippen molar-refractivity contribution in [2.24, 2.45) is 0 Å². The van der Waals surface area contributed by atoms with E-state index in [2.05, 4.69) is 25.2 Å². The van der Waals surface area contributed by atoms with Gasteiger partial charge in [0.25, 0.3) is 0 Å². The number of imidazole rings is 1. The normalized spacial score (nSPS) is 14.5. The Morgan fingerprint density at radius 3 is 2.26 bits per heavy atom. The highest BCUT2D eigenvalue weighted by molar-refractivity contribution is 6.36. The van der Waals surface area contributed by atoms with Gasteiger partial charge in [0.05, 0.1) is 5.56 Å². The van der Waals surface area contributed by atoms with Crippen molar-refractivity contribution in [3.05, 3.63) is 69.5 Å². The van der Waals surface area contributed by atoms with Crippen LogP contribution in [0.15, 0.2) is 42.5 Å². The number of piperidine rings is 1. The minimum atomic E-state index is -4.40. The molecule has 0 atom stereocenters. The van der Waals surface area contributed by atoms with E-state index in [1.807, 2.05) is 0 Å². The maximum Gasteiger partial charge on any atom is 0.416 e. The first-order valence-electron chi connectivity index (χ1n) is 11.2. The topological polar surface area (TPSA) is 69.7 Å². The Morgan fingerprint density at radius 1 is 0.914 bits per heavy atom. The summed E-state index contributed by atoms with van der Waals surface area (Å²) in [7, 11) is 0. The SMILES string of the molecule is FC(F)(F)c1ccc(Nc2nc(N3CCCCC3)nc3nc(Cc4c(Cl)cccc4Cl)[nH]c23)cc1. The summed E-state index contributed by atoms with van der Waals surface area (Å²) in [5, 5.41) is 4.19. The smallest absolute Gasteiger partial charge is 0.341 e. The van der Waals surface area contributed by atoms with E-state index in [1.54, 1.807) is 18.2 Å². The van der Waals surface area contributed by atoms with Crippen LogP contribution in [0.3, 0.4) is 0 Å². The maximum absolute atomic E-state index is 13.0. The predicted octanol–water partition coefficient (Wildman–Crippen LogP) is 7.00. The van der Waals surface area contributed by atoms with Crippen molar-refractivity contribution in [2.45, 2.75) is 31.9 Å². The molecule has 0 radical (unpaired) electrons. The molecule has 182 valence electrons. The highest BCUT2D eigenvalue weighted by Gasteiger charge is 2.30. The van der Waals surface area contributed by atoms with Gasteiger partial charge in [-0.15, -0.1) is 0 Å². The van der Waals surface area contributed by atoms with E-state index in [1.165, 1.54) is 12.1 Å². The van der Waals surface area contributed by atoms with Crippen molar-refractivity contribution in [2.75, 3.05) is 23.3 Å². The molecule has 0 bridgehead atoms. The summed E-state index contributed by atoms with van der Waals surface area (Å²) in [6.45, 7) is 1.66. The molecule has 5 rings (SSSR count). The van der Waals surface area contributed by atoms with Crippen molar-refractivity contribution in [1.82, 2.24) is 19.9 Å². The molecule has 0 saturated carbocycles. The largest absolute Gasteiger partial charge is 0.416 e. The number of nitrogens with one attached hydrogen (secondary N) is 2. The van der Waals surface area contributed by atoms with Gasteiger partial charge in [0.2, 0.25) is 5.95 Å². The first-order valence-corrected chi connectivity index (χ1v) is 11.9. The molecule has 1 saturated heterocycles. The molecule has 0 spiro atoms. The third-order valence-corrected chi connectivity index (χ3v) is 6.62. The maximum atomic E-state index is 13.0. The number of halogens is 5. The number of alkyl halides is 3. The summed E-state index contributed by atoms with van der Waals surface area (Å²) in [4.78, 5) is 19.4. The van der Waals surface area contributed by atoms with Crippen LogP contribution in [-0.2, 0) is 12.6 Å². The van der Waals surface area contributed by atoms with Gasteiger partial charge in [-0.2, -0.15) is 23.1 Å². The Labute approximate surface area is 209 Å². The number of fused-ring (bicyclic) bond motifs is 1. The summed E-state index contributed by atoms with van der Waals surface area (Å²) < 4.78 is 38.9. The molecule has 0 aliphatic carbocycles. The van der Waals surface area contributed by atoms with Crippen LogP contribution in [-0.4, -0.2) is 33.0 Å². The zero-order valence-corrected chi connectivity index (χ0v) is 20.0. The van der Waals surface area contributed by atoms with Crippen molar-refractivity contribution in [3.63, 3.8) is 0 Å². The van der Waals surface area contributed by atoms with Crippen LogP contribution in [0, 0.1) is 0 Å². The lowest BCUT2D eigenvalue weighted by Gasteiger charge is -2.26. The summed E-state index contributed by atoms with van der Waals surface area (Å²) >= 11 is 12.7.